The normalized spacial score (nSPS) is 9.40. The molecule has 15 heavy (non-hydrogen) atoms. The highest BCUT2D eigenvalue weighted by atomic mass is 16.5. The number of esters is 1. The Balaban J connectivity index is 2.76. The van der Waals surface area contributed by atoms with Gasteiger partial charge in [0.25, 0.3) is 0 Å². The first-order valence-corrected chi connectivity index (χ1v) is 4.77. The SMILES string of the molecule is C=CCNc1ccccc1CC(=O)OC. The van der Waals surface area contributed by atoms with Gasteiger partial charge < -0.3 is 10.1 Å². The monoisotopic (exact) mass is 205 g/mol. The molecule has 0 fully saturated rings. The molecule has 0 aromatic heterocycles. The molecule has 3 nitrogen and oxygen atoms in total. The van der Waals surface area contributed by atoms with Gasteiger partial charge in [0, 0.05) is 12.2 Å². The molecule has 0 heterocycles. The molecule has 0 atom stereocenters. The quantitative estimate of drug-likeness (QED) is 0.590. The number of carbonyl (C=O) groups excluding carboxylic acids is 1. The predicted octanol–water partition coefficient (Wildman–Crippen LogP) is 2.00. The van der Waals surface area contributed by atoms with Crippen molar-refractivity contribution in [2.24, 2.45) is 0 Å². The number of para-hydroxylation sites is 1. The highest BCUT2D eigenvalue weighted by Gasteiger charge is 2.06. The van der Waals surface area contributed by atoms with Crippen LogP contribution in [0.5, 0.6) is 0 Å². The van der Waals surface area contributed by atoms with E-state index in [1.807, 2.05) is 24.3 Å². The second-order valence-electron chi connectivity index (χ2n) is 3.08. The topological polar surface area (TPSA) is 38.3 Å². The molecule has 1 N–H and O–H groups in total. The van der Waals surface area contributed by atoms with Crippen LogP contribution in [0.2, 0.25) is 0 Å². The van der Waals surface area contributed by atoms with Gasteiger partial charge in [-0.25, -0.2) is 0 Å². The molecule has 0 saturated heterocycles. The third kappa shape index (κ3) is 3.46. The lowest BCUT2D eigenvalue weighted by atomic mass is 10.1. The van der Waals surface area contributed by atoms with Crippen molar-refractivity contribution < 1.29 is 9.53 Å². The van der Waals surface area contributed by atoms with Crippen LogP contribution in [0, 0.1) is 0 Å². The van der Waals surface area contributed by atoms with E-state index >= 15 is 0 Å². The van der Waals surface area contributed by atoms with Gasteiger partial charge >= 0.3 is 5.97 Å². The summed E-state index contributed by atoms with van der Waals surface area (Å²) in [5, 5.41) is 3.17. The first kappa shape index (κ1) is 11.3. The molecule has 3 heteroatoms. The zero-order chi connectivity index (χ0) is 11.1. The summed E-state index contributed by atoms with van der Waals surface area (Å²) >= 11 is 0. The Morgan fingerprint density at radius 2 is 2.27 bits per heavy atom. The fraction of sp³-hybridized carbons (Fsp3) is 0.250. The number of carbonyl (C=O) groups is 1. The number of ether oxygens (including phenoxy) is 1. The Morgan fingerprint density at radius 1 is 1.53 bits per heavy atom. The molecule has 0 unspecified atom stereocenters. The van der Waals surface area contributed by atoms with E-state index in [-0.39, 0.29) is 12.4 Å². The summed E-state index contributed by atoms with van der Waals surface area (Å²) in [5.41, 5.74) is 1.88. The molecule has 0 spiro atoms. The van der Waals surface area contributed by atoms with Crippen LogP contribution >= 0.6 is 0 Å². The number of hydrogen-bond acceptors (Lipinski definition) is 3. The minimum absolute atomic E-state index is 0.233. The van der Waals surface area contributed by atoms with Gasteiger partial charge in [-0.05, 0) is 11.6 Å². The standard InChI is InChI=1S/C12H15NO2/c1-3-8-13-11-7-5-4-6-10(11)9-12(14)15-2/h3-7,13H,1,8-9H2,2H3. The summed E-state index contributed by atoms with van der Waals surface area (Å²) in [6.45, 7) is 4.31. The zero-order valence-corrected chi connectivity index (χ0v) is 8.82. The molecule has 0 saturated carbocycles. The van der Waals surface area contributed by atoms with E-state index in [1.165, 1.54) is 7.11 Å². The minimum atomic E-state index is -0.233. The summed E-state index contributed by atoms with van der Waals surface area (Å²) in [4.78, 5) is 11.1. The molecular formula is C12H15NO2. The molecular weight excluding hydrogens is 190 g/mol. The summed E-state index contributed by atoms with van der Waals surface area (Å²) < 4.78 is 4.63. The number of hydrogen-bond donors (Lipinski definition) is 1. The molecule has 1 rings (SSSR count). The second-order valence-corrected chi connectivity index (χ2v) is 3.08. The Morgan fingerprint density at radius 3 is 2.93 bits per heavy atom. The lowest BCUT2D eigenvalue weighted by Gasteiger charge is -2.09. The molecule has 1 aromatic rings. The highest BCUT2D eigenvalue weighted by molar-refractivity contribution is 5.75. The van der Waals surface area contributed by atoms with Gasteiger partial charge in [-0.3, -0.25) is 4.79 Å². The predicted molar refractivity (Wildman–Crippen MR) is 60.8 cm³/mol. The van der Waals surface area contributed by atoms with E-state index in [0.717, 1.165) is 11.3 Å². The van der Waals surface area contributed by atoms with Crippen molar-refractivity contribution >= 4 is 11.7 Å². The zero-order valence-electron chi connectivity index (χ0n) is 8.82. The van der Waals surface area contributed by atoms with E-state index in [2.05, 4.69) is 16.6 Å². The van der Waals surface area contributed by atoms with Crippen LogP contribution in [-0.4, -0.2) is 19.6 Å². The second kappa shape index (κ2) is 5.86. The van der Waals surface area contributed by atoms with Crippen molar-refractivity contribution in [2.75, 3.05) is 19.0 Å². The molecule has 0 aliphatic carbocycles. The number of nitrogens with one attached hydrogen (secondary N) is 1. The van der Waals surface area contributed by atoms with E-state index in [0.29, 0.717) is 6.54 Å². The molecule has 1 aromatic carbocycles. The van der Waals surface area contributed by atoms with Crippen molar-refractivity contribution in [2.45, 2.75) is 6.42 Å². The largest absolute Gasteiger partial charge is 0.469 e. The van der Waals surface area contributed by atoms with Crippen molar-refractivity contribution in [3.8, 4) is 0 Å². The smallest absolute Gasteiger partial charge is 0.310 e. The van der Waals surface area contributed by atoms with E-state index < -0.39 is 0 Å². The minimum Gasteiger partial charge on any atom is -0.469 e. The highest BCUT2D eigenvalue weighted by Crippen LogP contribution is 2.15. The third-order valence-electron chi connectivity index (χ3n) is 2.02. The van der Waals surface area contributed by atoms with Gasteiger partial charge in [-0.1, -0.05) is 24.3 Å². The fourth-order valence-corrected chi connectivity index (χ4v) is 1.26. The molecule has 0 radical (unpaired) electrons. The Bertz CT molecular complexity index is 347. The molecule has 0 aliphatic heterocycles. The molecule has 0 amide bonds. The molecule has 0 bridgehead atoms. The van der Waals surface area contributed by atoms with E-state index in [4.69, 9.17) is 0 Å². The maximum absolute atomic E-state index is 11.1. The van der Waals surface area contributed by atoms with Crippen LogP contribution in [0.4, 0.5) is 5.69 Å². The van der Waals surface area contributed by atoms with Gasteiger partial charge in [0.2, 0.25) is 0 Å². The summed E-state index contributed by atoms with van der Waals surface area (Å²) in [6.07, 6.45) is 2.06. The van der Waals surface area contributed by atoms with Gasteiger partial charge in [0.15, 0.2) is 0 Å². The van der Waals surface area contributed by atoms with Crippen LogP contribution < -0.4 is 5.32 Å². The van der Waals surface area contributed by atoms with Crippen molar-refractivity contribution in [3.63, 3.8) is 0 Å². The van der Waals surface area contributed by atoms with Crippen molar-refractivity contribution in [3.05, 3.63) is 42.5 Å². The summed E-state index contributed by atoms with van der Waals surface area (Å²) in [7, 11) is 1.39. The van der Waals surface area contributed by atoms with E-state index in [1.54, 1.807) is 6.08 Å². The first-order chi connectivity index (χ1) is 7.27. The maximum Gasteiger partial charge on any atom is 0.310 e. The number of benzene rings is 1. The van der Waals surface area contributed by atoms with Gasteiger partial charge in [0.05, 0.1) is 13.5 Å². The average molecular weight is 205 g/mol. The van der Waals surface area contributed by atoms with Gasteiger partial charge in [-0.2, -0.15) is 0 Å². The van der Waals surface area contributed by atoms with Crippen LogP contribution in [0.25, 0.3) is 0 Å². The lowest BCUT2D eigenvalue weighted by molar-refractivity contribution is -0.139. The maximum atomic E-state index is 11.1. The summed E-state index contributed by atoms with van der Waals surface area (Å²) in [5.74, 6) is -0.233. The van der Waals surface area contributed by atoms with Crippen LogP contribution in [-0.2, 0) is 16.0 Å². The van der Waals surface area contributed by atoms with Crippen LogP contribution in [0.1, 0.15) is 5.56 Å². The van der Waals surface area contributed by atoms with Crippen molar-refractivity contribution in [1.82, 2.24) is 0 Å². The number of methoxy groups -OCH3 is 1. The molecule has 0 aliphatic rings. The average Bonchev–Trinajstić information content (AvgIpc) is 2.28. The number of rotatable bonds is 5. The van der Waals surface area contributed by atoms with Gasteiger partial charge in [0.1, 0.15) is 0 Å². The Hall–Kier alpha value is -1.77. The van der Waals surface area contributed by atoms with E-state index in [9.17, 15) is 4.79 Å². The van der Waals surface area contributed by atoms with Crippen molar-refractivity contribution in [1.29, 1.82) is 0 Å². The molecule has 80 valence electrons. The first-order valence-electron chi connectivity index (χ1n) is 4.77. The Kier molecular flexibility index (Phi) is 4.41. The number of anilines is 1. The summed E-state index contributed by atoms with van der Waals surface area (Å²) in [6, 6.07) is 7.66. The lowest BCUT2D eigenvalue weighted by Crippen LogP contribution is -2.08. The third-order valence-corrected chi connectivity index (χ3v) is 2.02. The van der Waals surface area contributed by atoms with Gasteiger partial charge in [-0.15, -0.1) is 6.58 Å². The van der Waals surface area contributed by atoms with Crippen LogP contribution in [0.15, 0.2) is 36.9 Å². The Labute approximate surface area is 89.8 Å². The fourth-order valence-electron chi connectivity index (χ4n) is 1.26. The van der Waals surface area contributed by atoms with Crippen LogP contribution in [0.3, 0.4) is 0 Å².